The molecule has 1 aliphatic heterocycles. The molecule has 0 atom stereocenters. The second-order valence-electron chi connectivity index (χ2n) is 7.89. The van der Waals surface area contributed by atoms with E-state index in [1.807, 2.05) is 66.5 Å². The third kappa shape index (κ3) is 4.36. The summed E-state index contributed by atoms with van der Waals surface area (Å²) in [7, 11) is 3.68. The summed E-state index contributed by atoms with van der Waals surface area (Å²) in [6.45, 7) is 4.14. The number of methoxy groups -OCH3 is 1. The highest BCUT2D eigenvalue weighted by molar-refractivity contribution is 6.01. The summed E-state index contributed by atoms with van der Waals surface area (Å²) in [4.78, 5) is 17.7. The van der Waals surface area contributed by atoms with Crippen LogP contribution in [0.3, 0.4) is 0 Å². The van der Waals surface area contributed by atoms with Crippen LogP contribution in [0.2, 0.25) is 0 Å². The van der Waals surface area contributed by atoms with E-state index in [2.05, 4.69) is 29.3 Å². The molecule has 3 aromatic rings. The lowest BCUT2D eigenvalue weighted by Crippen LogP contribution is -2.33. The first-order valence-corrected chi connectivity index (χ1v) is 10.7. The molecule has 0 fully saturated rings. The minimum atomic E-state index is 0.0580. The number of ether oxygens (including phenoxy) is 1. The minimum Gasteiger partial charge on any atom is -0.497 e. The first-order chi connectivity index (χ1) is 15.1. The van der Waals surface area contributed by atoms with Gasteiger partial charge in [-0.1, -0.05) is 36.4 Å². The van der Waals surface area contributed by atoms with Gasteiger partial charge in [-0.3, -0.25) is 4.79 Å². The average molecular weight is 416 g/mol. The molecule has 31 heavy (non-hydrogen) atoms. The number of nitrogens with one attached hydrogen (secondary N) is 1. The fraction of sp³-hybridized carbons (Fsp3) is 0.269. The summed E-state index contributed by atoms with van der Waals surface area (Å²) in [5, 5.41) is 3.55. The molecular formula is C26H29N3O2. The van der Waals surface area contributed by atoms with Crippen LogP contribution in [0.25, 0.3) is 0 Å². The lowest BCUT2D eigenvalue weighted by Gasteiger charge is -2.27. The van der Waals surface area contributed by atoms with E-state index in [0.29, 0.717) is 18.7 Å². The molecule has 1 heterocycles. The fourth-order valence-electron chi connectivity index (χ4n) is 4.06. The molecule has 3 aromatic carbocycles. The number of hydrogen-bond acceptors (Lipinski definition) is 4. The number of anilines is 3. The van der Waals surface area contributed by atoms with Crippen molar-refractivity contribution in [3.8, 4) is 5.75 Å². The summed E-state index contributed by atoms with van der Waals surface area (Å²) in [5.41, 5.74) is 5.98. The van der Waals surface area contributed by atoms with Crippen molar-refractivity contribution in [3.63, 3.8) is 0 Å². The number of carbonyl (C=O) groups is 1. The zero-order valence-corrected chi connectivity index (χ0v) is 18.4. The lowest BCUT2D eigenvalue weighted by molar-refractivity contribution is 0.0743. The van der Waals surface area contributed by atoms with Crippen LogP contribution < -0.4 is 15.0 Å². The smallest absolute Gasteiger partial charge is 0.256 e. The number of para-hydroxylation sites is 1. The van der Waals surface area contributed by atoms with Crippen LogP contribution in [-0.2, 0) is 6.54 Å². The molecule has 160 valence electrons. The number of hydrogen-bond donors (Lipinski definition) is 1. The van der Waals surface area contributed by atoms with Crippen molar-refractivity contribution in [2.24, 2.45) is 0 Å². The van der Waals surface area contributed by atoms with Gasteiger partial charge in [0.15, 0.2) is 0 Å². The third-order valence-electron chi connectivity index (χ3n) is 5.89. The Bertz CT molecular complexity index is 1080. The maximum atomic E-state index is 13.7. The van der Waals surface area contributed by atoms with E-state index in [1.165, 1.54) is 11.1 Å². The second kappa shape index (κ2) is 9.13. The Morgan fingerprint density at radius 1 is 1.00 bits per heavy atom. The van der Waals surface area contributed by atoms with Crippen molar-refractivity contribution in [3.05, 3.63) is 83.4 Å². The van der Waals surface area contributed by atoms with Gasteiger partial charge >= 0.3 is 0 Å². The molecule has 0 aliphatic carbocycles. The van der Waals surface area contributed by atoms with Crippen LogP contribution in [0.1, 0.15) is 27.9 Å². The quantitative estimate of drug-likeness (QED) is 0.636. The Hall–Kier alpha value is -3.47. The Morgan fingerprint density at radius 2 is 1.77 bits per heavy atom. The van der Waals surface area contributed by atoms with E-state index in [9.17, 15) is 4.79 Å². The Balaban J connectivity index is 1.75. The van der Waals surface area contributed by atoms with Gasteiger partial charge in [-0.2, -0.15) is 0 Å². The van der Waals surface area contributed by atoms with Gasteiger partial charge < -0.3 is 19.9 Å². The van der Waals surface area contributed by atoms with E-state index in [-0.39, 0.29) is 5.91 Å². The Labute approximate surface area is 184 Å². The van der Waals surface area contributed by atoms with Crippen molar-refractivity contribution in [2.45, 2.75) is 19.9 Å². The number of nitrogens with zero attached hydrogens (tertiary/aromatic N) is 2. The number of aryl methyl sites for hydroxylation is 1. The molecule has 5 heteroatoms. The van der Waals surface area contributed by atoms with E-state index < -0.39 is 0 Å². The summed E-state index contributed by atoms with van der Waals surface area (Å²) in [5.74, 6) is 0.864. The van der Waals surface area contributed by atoms with Crippen molar-refractivity contribution in [1.82, 2.24) is 4.90 Å². The largest absolute Gasteiger partial charge is 0.497 e. The highest BCUT2D eigenvalue weighted by Gasteiger charge is 2.23. The molecule has 0 bridgehead atoms. The van der Waals surface area contributed by atoms with Crippen LogP contribution in [0.15, 0.2) is 66.7 Å². The van der Waals surface area contributed by atoms with Crippen LogP contribution in [0.5, 0.6) is 5.75 Å². The minimum absolute atomic E-state index is 0.0580. The zero-order chi connectivity index (χ0) is 21.8. The van der Waals surface area contributed by atoms with Gasteiger partial charge in [0, 0.05) is 32.7 Å². The van der Waals surface area contributed by atoms with Gasteiger partial charge in [-0.15, -0.1) is 0 Å². The average Bonchev–Trinajstić information content (AvgIpc) is 2.82. The molecule has 5 nitrogen and oxygen atoms in total. The molecule has 0 saturated heterocycles. The zero-order valence-electron chi connectivity index (χ0n) is 18.4. The normalized spacial score (nSPS) is 14.2. The second-order valence-corrected chi connectivity index (χ2v) is 7.89. The Kier molecular flexibility index (Phi) is 6.12. The maximum Gasteiger partial charge on any atom is 0.256 e. The van der Waals surface area contributed by atoms with Crippen LogP contribution in [0, 0.1) is 6.92 Å². The summed E-state index contributed by atoms with van der Waals surface area (Å²) in [6.07, 6.45) is 0.847. The first-order valence-electron chi connectivity index (χ1n) is 10.7. The predicted molar refractivity (Wildman–Crippen MR) is 127 cm³/mol. The molecule has 0 saturated carbocycles. The lowest BCUT2D eigenvalue weighted by atomic mass is 10.1. The molecule has 0 aromatic heterocycles. The molecule has 0 spiro atoms. The van der Waals surface area contributed by atoms with Crippen molar-refractivity contribution in [2.75, 3.05) is 37.5 Å². The number of rotatable bonds is 3. The van der Waals surface area contributed by atoms with Crippen molar-refractivity contribution >= 4 is 23.0 Å². The van der Waals surface area contributed by atoms with Crippen molar-refractivity contribution in [1.29, 1.82) is 0 Å². The van der Waals surface area contributed by atoms with E-state index in [4.69, 9.17) is 4.74 Å². The fourth-order valence-corrected chi connectivity index (χ4v) is 4.06. The van der Waals surface area contributed by atoms with Gasteiger partial charge in [0.1, 0.15) is 5.75 Å². The molecule has 1 N–H and O–H groups in total. The topological polar surface area (TPSA) is 44.8 Å². The van der Waals surface area contributed by atoms with Gasteiger partial charge in [0.2, 0.25) is 0 Å². The summed E-state index contributed by atoms with van der Waals surface area (Å²) in [6, 6.07) is 22.1. The van der Waals surface area contributed by atoms with E-state index >= 15 is 0 Å². The standard InChI is InChI=1S/C26H29N3O2/c1-19-9-4-5-10-20(19)18-29-16-8-15-27-23-17-21(31-3)13-14-25(23)28(2)24-12-7-6-11-22(24)26(29)30/h4-7,9-14,17,27H,8,15-16,18H2,1-3H3. The monoisotopic (exact) mass is 415 g/mol. The summed E-state index contributed by atoms with van der Waals surface area (Å²) >= 11 is 0. The van der Waals surface area contributed by atoms with Gasteiger partial charge in [0.25, 0.3) is 5.91 Å². The SMILES string of the molecule is COc1ccc2c(c1)NCCCN(Cc1ccccc1C)C(=O)c1ccccc1N2C. The first kappa shape index (κ1) is 20.8. The predicted octanol–water partition coefficient (Wildman–Crippen LogP) is 5.23. The van der Waals surface area contributed by atoms with Crippen LogP contribution in [-0.4, -0.2) is 38.1 Å². The van der Waals surface area contributed by atoms with Gasteiger partial charge in [-0.05, 0) is 48.7 Å². The number of benzene rings is 3. The highest BCUT2D eigenvalue weighted by atomic mass is 16.5. The van der Waals surface area contributed by atoms with Gasteiger partial charge in [-0.25, -0.2) is 0 Å². The molecule has 1 aliphatic rings. The van der Waals surface area contributed by atoms with E-state index in [1.54, 1.807) is 7.11 Å². The van der Waals surface area contributed by atoms with Crippen molar-refractivity contribution < 1.29 is 9.53 Å². The number of carbonyl (C=O) groups excluding carboxylic acids is 1. The number of amides is 1. The summed E-state index contributed by atoms with van der Waals surface area (Å²) < 4.78 is 5.43. The van der Waals surface area contributed by atoms with Gasteiger partial charge in [0.05, 0.1) is 29.7 Å². The van der Waals surface area contributed by atoms with Crippen LogP contribution in [0.4, 0.5) is 17.1 Å². The molecule has 0 unspecified atom stereocenters. The Morgan fingerprint density at radius 3 is 2.58 bits per heavy atom. The molecule has 0 radical (unpaired) electrons. The molecule has 1 amide bonds. The number of fused-ring (bicyclic) bond motifs is 2. The highest BCUT2D eigenvalue weighted by Crippen LogP contribution is 2.36. The van der Waals surface area contributed by atoms with Crippen LogP contribution >= 0.6 is 0 Å². The third-order valence-corrected chi connectivity index (χ3v) is 5.89. The maximum absolute atomic E-state index is 13.7. The van der Waals surface area contributed by atoms with E-state index in [0.717, 1.165) is 35.8 Å². The molecular weight excluding hydrogens is 386 g/mol. The molecule has 4 rings (SSSR count).